The number of hydrogen-bond acceptors (Lipinski definition) is 4. The van der Waals surface area contributed by atoms with Crippen molar-refractivity contribution in [3.05, 3.63) is 0 Å². The zero-order valence-corrected chi connectivity index (χ0v) is 12.9. The van der Waals surface area contributed by atoms with Crippen molar-refractivity contribution in [2.24, 2.45) is 5.92 Å². The van der Waals surface area contributed by atoms with Gasteiger partial charge >= 0.3 is 5.97 Å². The molecule has 2 N–H and O–H groups in total. The van der Waals surface area contributed by atoms with Crippen molar-refractivity contribution in [3.8, 4) is 0 Å². The van der Waals surface area contributed by atoms with Crippen LogP contribution in [0.4, 0.5) is 0 Å². The van der Waals surface area contributed by atoms with Crippen molar-refractivity contribution in [2.45, 2.75) is 57.2 Å². The summed E-state index contributed by atoms with van der Waals surface area (Å²) in [5.41, 5.74) is -0.756. The minimum absolute atomic E-state index is 0.223. The van der Waals surface area contributed by atoms with E-state index in [1.54, 1.807) is 0 Å². The van der Waals surface area contributed by atoms with E-state index in [-0.39, 0.29) is 12.0 Å². The summed E-state index contributed by atoms with van der Waals surface area (Å²) in [5.74, 6) is -0.405. The molecule has 0 radical (unpaired) electrons. The Kier molecular flexibility index (Phi) is 5.04. The number of ether oxygens (including phenoxy) is 1. The Hall–Kier alpha value is -0.650. The molecule has 116 valence electrons. The van der Waals surface area contributed by atoms with Crippen LogP contribution in [-0.2, 0) is 9.53 Å². The lowest BCUT2D eigenvalue weighted by atomic mass is 9.92. The van der Waals surface area contributed by atoms with E-state index in [9.17, 15) is 9.90 Å². The van der Waals surface area contributed by atoms with Gasteiger partial charge < -0.3 is 14.7 Å². The topological polar surface area (TPSA) is 61.8 Å². The van der Waals surface area contributed by atoms with Crippen LogP contribution < -0.4 is 5.32 Å². The molecule has 2 saturated carbocycles. The van der Waals surface area contributed by atoms with Crippen molar-refractivity contribution in [1.82, 2.24) is 10.2 Å². The van der Waals surface area contributed by atoms with Crippen LogP contribution in [0, 0.1) is 5.92 Å². The average molecular weight is 284 g/mol. The highest BCUT2D eigenvalue weighted by atomic mass is 16.5. The molecule has 0 heterocycles. The summed E-state index contributed by atoms with van der Waals surface area (Å²) in [4.78, 5) is 14.0. The van der Waals surface area contributed by atoms with Gasteiger partial charge in [0, 0.05) is 19.1 Å². The first kappa shape index (κ1) is 15.7. The minimum Gasteiger partial charge on any atom is -0.480 e. The molecule has 1 unspecified atom stereocenters. The van der Waals surface area contributed by atoms with Crippen molar-refractivity contribution < 1.29 is 14.6 Å². The zero-order chi connectivity index (χ0) is 14.8. The van der Waals surface area contributed by atoms with Crippen molar-refractivity contribution in [3.63, 3.8) is 0 Å². The fourth-order valence-electron chi connectivity index (χ4n) is 2.71. The number of rotatable bonds is 10. The van der Waals surface area contributed by atoms with E-state index in [0.29, 0.717) is 19.2 Å². The Morgan fingerprint density at radius 3 is 2.50 bits per heavy atom. The van der Waals surface area contributed by atoms with Crippen LogP contribution in [0.3, 0.4) is 0 Å². The van der Waals surface area contributed by atoms with Crippen molar-refractivity contribution in [1.29, 1.82) is 0 Å². The number of carboxylic acid groups (broad SMARTS) is 1. The van der Waals surface area contributed by atoms with E-state index >= 15 is 0 Å². The van der Waals surface area contributed by atoms with E-state index in [4.69, 9.17) is 4.74 Å². The van der Waals surface area contributed by atoms with E-state index in [1.165, 1.54) is 0 Å². The average Bonchev–Trinajstić information content (AvgIpc) is 3.21. The van der Waals surface area contributed by atoms with E-state index in [0.717, 1.165) is 32.2 Å². The van der Waals surface area contributed by atoms with Gasteiger partial charge in [-0.1, -0.05) is 0 Å². The van der Waals surface area contributed by atoms with Gasteiger partial charge in [-0.2, -0.15) is 0 Å². The van der Waals surface area contributed by atoms with Crippen LogP contribution in [-0.4, -0.2) is 60.4 Å². The summed E-state index contributed by atoms with van der Waals surface area (Å²) in [7, 11) is 1.98. The Morgan fingerprint density at radius 2 is 2.05 bits per heavy atom. The van der Waals surface area contributed by atoms with E-state index in [2.05, 4.69) is 10.2 Å². The molecular weight excluding hydrogens is 256 g/mol. The lowest BCUT2D eigenvalue weighted by Gasteiger charge is -2.35. The predicted molar refractivity (Wildman–Crippen MR) is 77.8 cm³/mol. The van der Waals surface area contributed by atoms with Crippen LogP contribution in [0.2, 0.25) is 0 Å². The predicted octanol–water partition coefficient (Wildman–Crippen LogP) is 1.33. The van der Waals surface area contributed by atoms with Crippen LogP contribution >= 0.6 is 0 Å². The van der Waals surface area contributed by atoms with Crippen LogP contribution in [0.5, 0.6) is 0 Å². The van der Waals surface area contributed by atoms with Crippen LogP contribution in [0.15, 0.2) is 0 Å². The molecule has 0 aliphatic heterocycles. The summed E-state index contributed by atoms with van der Waals surface area (Å²) in [6.07, 6.45) is 4.51. The summed E-state index contributed by atoms with van der Waals surface area (Å²) < 4.78 is 5.55. The third-order valence-electron chi connectivity index (χ3n) is 4.14. The highest BCUT2D eigenvalue weighted by Crippen LogP contribution is 2.42. The van der Waals surface area contributed by atoms with Gasteiger partial charge in [0.15, 0.2) is 0 Å². The largest absolute Gasteiger partial charge is 0.480 e. The number of nitrogens with zero attached hydrogens (tertiary/aromatic N) is 1. The monoisotopic (exact) mass is 284 g/mol. The molecule has 0 aromatic carbocycles. The van der Waals surface area contributed by atoms with Crippen molar-refractivity contribution >= 4 is 5.97 Å². The first-order valence-corrected chi connectivity index (χ1v) is 7.75. The molecule has 2 aliphatic rings. The Bertz CT molecular complexity index is 340. The molecule has 5 nitrogen and oxygen atoms in total. The molecule has 0 amide bonds. The molecule has 2 fully saturated rings. The Labute approximate surface area is 121 Å². The van der Waals surface area contributed by atoms with Gasteiger partial charge in [0.1, 0.15) is 5.54 Å². The second-order valence-electron chi connectivity index (χ2n) is 6.63. The van der Waals surface area contributed by atoms with Crippen LogP contribution in [0.25, 0.3) is 0 Å². The fourth-order valence-corrected chi connectivity index (χ4v) is 2.71. The van der Waals surface area contributed by atoms with E-state index in [1.807, 2.05) is 20.9 Å². The van der Waals surface area contributed by atoms with Gasteiger partial charge in [-0.05, 0) is 52.5 Å². The third-order valence-corrected chi connectivity index (χ3v) is 4.14. The third kappa shape index (κ3) is 4.17. The zero-order valence-electron chi connectivity index (χ0n) is 12.9. The normalized spacial score (nSPS) is 22.2. The molecule has 0 spiro atoms. The van der Waals surface area contributed by atoms with Gasteiger partial charge in [0.05, 0.1) is 12.7 Å². The Balaban J connectivity index is 1.90. The van der Waals surface area contributed by atoms with Gasteiger partial charge in [-0.3, -0.25) is 10.1 Å². The number of carboxylic acids is 1. The summed E-state index contributed by atoms with van der Waals surface area (Å²) >= 11 is 0. The van der Waals surface area contributed by atoms with Gasteiger partial charge in [0.2, 0.25) is 0 Å². The molecule has 2 rings (SSSR count). The molecule has 20 heavy (non-hydrogen) atoms. The standard InChI is InChI=1S/C15H28N2O3/c1-11(2)20-9-8-17(3)10-15(14(18)19,12-4-5-12)16-13-6-7-13/h11-13,16H,4-10H2,1-3H3,(H,18,19). The first-order valence-electron chi connectivity index (χ1n) is 7.75. The maximum atomic E-state index is 11.9. The van der Waals surface area contributed by atoms with E-state index < -0.39 is 11.5 Å². The highest BCUT2D eigenvalue weighted by Gasteiger charge is 2.53. The lowest BCUT2D eigenvalue weighted by Crippen LogP contribution is -2.61. The summed E-state index contributed by atoms with van der Waals surface area (Å²) in [6.45, 7) is 6.01. The minimum atomic E-state index is -0.756. The summed E-state index contributed by atoms with van der Waals surface area (Å²) in [6, 6.07) is 0.409. The Morgan fingerprint density at radius 1 is 1.40 bits per heavy atom. The molecule has 2 aliphatic carbocycles. The number of carbonyl (C=O) groups is 1. The number of aliphatic carboxylic acids is 1. The second-order valence-corrected chi connectivity index (χ2v) is 6.63. The highest BCUT2D eigenvalue weighted by molar-refractivity contribution is 5.80. The smallest absolute Gasteiger partial charge is 0.325 e. The molecule has 0 aromatic heterocycles. The van der Waals surface area contributed by atoms with Crippen molar-refractivity contribution in [2.75, 3.05) is 26.7 Å². The maximum absolute atomic E-state index is 11.9. The molecule has 5 heteroatoms. The molecule has 0 aromatic rings. The number of hydrogen-bond donors (Lipinski definition) is 2. The summed E-state index contributed by atoms with van der Waals surface area (Å²) in [5, 5.41) is 13.2. The van der Waals surface area contributed by atoms with Gasteiger partial charge in [-0.15, -0.1) is 0 Å². The van der Waals surface area contributed by atoms with Gasteiger partial charge in [0.25, 0.3) is 0 Å². The molecule has 1 atom stereocenters. The second kappa shape index (κ2) is 6.41. The fraction of sp³-hybridized carbons (Fsp3) is 0.933. The SMILES string of the molecule is CC(C)OCCN(C)CC(NC1CC1)(C(=O)O)C1CC1. The van der Waals surface area contributed by atoms with Gasteiger partial charge in [-0.25, -0.2) is 0 Å². The molecule has 0 saturated heterocycles. The molecule has 0 bridgehead atoms. The first-order chi connectivity index (χ1) is 9.44. The number of nitrogens with one attached hydrogen (secondary N) is 1. The van der Waals surface area contributed by atoms with Crippen LogP contribution in [0.1, 0.15) is 39.5 Å². The maximum Gasteiger partial charge on any atom is 0.325 e. The number of likely N-dealkylation sites (N-methyl/N-ethyl adjacent to an activating group) is 1. The lowest BCUT2D eigenvalue weighted by molar-refractivity contribution is -0.147. The molecular formula is C15H28N2O3. The quantitative estimate of drug-likeness (QED) is 0.634.